The van der Waals surface area contributed by atoms with Crippen LogP contribution in [0.5, 0.6) is 0 Å². The molecule has 2 aliphatic rings. The zero-order chi connectivity index (χ0) is 21.0. The number of hydrogen-bond donors (Lipinski definition) is 1. The SMILES string of the molecule is CN(C)S(=O)(=O)N1CCC[C@@H](C(=O)Nc2ccccc2C(=O)N2CCCCC2)C1. The second-order valence-electron chi connectivity index (χ2n) is 7.88. The van der Waals surface area contributed by atoms with Crippen LogP contribution in [0.4, 0.5) is 5.69 Å². The summed E-state index contributed by atoms with van der Waals surface area (Å²) >= 11 is 0. The molecule has 8 nitrogen and oxygen atoms in total. The lowest BCUT2D eigenvalue weighted by Gasteiger charge is -2.33. The number of nitrogens with zero attached hydrogens (tertiary/aromatic N) is 3. The van der Waals surface area contributed by atoms with Crippen LogP contribution < -0.4 is 5.32 Å². The number of carbonyl (C=O) groups is 2. The Balaban J connectivity index is 1.71. The summed E-state index contributed by atoms with van der Waals surface area (Å²) in [5.74, 6) is -0.764. The van der Waals surface area contributed by atoms with Gasteiger partial charge >= 0.3 is 0 Å². The van der Waals surface area contributed by atoms with Gasteiger partial charge in [-0.1, -0.05) is 12.1 Å². The van der Waals surface area contributed by atoms with E-state index >= 15 is 0 Å². The number of hydrogen-bond acceptors (Lipinski definition) is 4. The molecule has 29 heavy (non-hydrogen) atoms. The summed E-state index contributed by atoms with van der Waals surface area (Å²) in [5.41, 5.74) is 0.969. The zero-order valence-electron chi connectivity index (χ0n) is 17.1. The van der Waals surface area contributed by atoms with Crippen molar-refractivity contribution >= 4 is 27.7 Å². The number of para-hydroxylation sites is 1. The van der Waals surface area contributed by atoms with Gasteiger partial charge in [0.1, 0.15) is 0 Å². The van der Waals surface area contributed by atoms with E-state index in [2.05, 4.69) is 5.32 Å². The van der Waals surface area contributed by atoms with E-state index in [4.69, 9.17) is 0 Å². The maximum atomic E-state index is 12.9. The maximum absolute atomic E-state index is 12.9. The Morgan fingerprint density at radius 1 is 1.03 bits per heavy atom. The number of carbonyl (C=O) groups excluding carboxylic acids is 2. The molecule has 1 aromatic carbocycles. The van der Waals surface area contributed by atoms with E-state index in [1.807, 2.05) is 4.90 Å². The summed E-state index contributed by atoms with van der Waals surface area (Å²) in [7, 11) is -0.574. The minimum atomic E-state index is -3.55. The summed E-state index contributed by atoms with van der Waals surface area (Å²) in [4.78, 5) is 27.6. The zero-order valence-corrected chi connectivity index (χ0v) is 18.0. The molecule has 0 spiro atoms. The molecule has 1 atom stereocenters. The van der Waals surface area contributed by atoms with Crippen molar-refractivity contribution in [3.63, 3.8) is 0 Å². The van der Waals surface area contributed by atoms with Crippen LogP contribution in [0.3, 0.4) is 0 Å². The van der Waals surface area contributed by atoms with Crippen LogP contribution in [0.15, 0.2) is 24.3 Å². The highest BCUT2D eigenvalue weighted by Gasteiger charge is 2.34. The number of likely N-dealkylation sites (tertiary alicyclic amines) is 1. The third kappa shape index (κ3) is 4.96. The van der Waals surface area contributed by atoms with Gasteiger partial charge in [0.05, 0.1) is 17.2 Å². The molecule has 0 radical (unpaired) electrons. The summed E-state index contributed by atoms with van der Waals surface area (Å²) in [5, 5.41) is 2.88. The van der Waals surface area contributed by atoms with E-state index < -0.39 is 16.1 Å². The fraction of sp³-hybridized carbons (Fsp3) is 0.600. The van der Waals surface area contributed by atoms with Gasteiger partial charge in [0.2, 0.25) is 5.91 Å². The second-order valence-corrected chi connectivity index (χ2v) is 10.0. The highest BCUT2D eigenvalue weighted by Crippen LogP contribution is 2.24. The van der Waals surface area contributed by atoms with Crippen LogP contribution >= 0.6 is 0 Å². The van der Waals surface area contributed by atoms with Crippen LogP contribution in [-0.2, 0) is 15.0 Å². The van der Waals surface area contributed by atoms with Gasteiger partial charge in [-0.2, -0.15) is 17.0 Å². The molecule has 0 bridgehead atoms. The average molecular weight is 423 g/mol. The number of piperidine rings is 2. The van der Waals surface area contributed by atoms with Crippen molar-refractivity contribution in [1.29, 1.82) is 0 Å². The Bertz CT molecular complexity index is 850. The smallest absolute Gasteiger partial charge is 0.281 e. The largest absolute Gasteiger partial charge is 0.339 e. The van der Waals surface area contributed by atoms with Crippen LogP contribution in [0.1, 0.15) is 42.5 Å². The van der Waals surface area contributed by atoms with Crippen LogP contribution in [0.25, 0.3) is 0 Å². The Morgan fingerprint density at radius 2 is 1.72 bits per heavy atom. The Labute approximate surface area is 173 Å². The van der Waals surface area contributed by atoms with E-state index in [1.54, 1.807) is 24.3 Å². The highest BCUT2D eigenvalue weighted by atomic mass is 32.2. The summed E-state index contributed by atoms with van der Waals surface area (Å²) in [6, 6.07) is 7.04. The van der Waals surface area contributed by atoms with E-state index in [0.717, 1.165) is 32.4 Å². The third-order valence-electron chi connectivity index (χ3n) is 5.60. The van der Waals surface area contributed by atoms with E-state index in [-0.39, 0.29) is 18.4 Å². The Kier molecular flexibility index (Phi) is 6.92. The lowest BCUT2D eigenvalue weighted by molar-refractivity contribution is -0.120. The fourth-order valence-electron chi connectivity index (χ4n) is 3.88. The van der Waals surface area contributed by atoms with E-state index in [1.165, 1.54) is 22.7 Å². The second kappa shape index (κ2) is 9.23. The van der Waals surface area contributed by atoms with Crippen molar-refractivity contribution in [1.82, 2.24) is 13.5 Å². The normalized spacial score (nSPS) is 21.2. The minimum absolute atomic E-state index is 0.0685. The molecule has 1 aromatic rings. The van der Waals surface area contributed by atoms with Gasteiger partial charge in [0, 0.05) is 40.3 Å². The van der Waals surface area contributed by atoms with E-state index in [9.17, 15) is 18.0 Å². The quantitative estimate of drug-likeness (QED) is 0.783. The third-order valence-corrected chi connectivity index (χ3v) is 7.51. The molecule has 0 saturated carbocycles. The molecule has 3 rings (SSSR count). The number of rotatable bonds is 5. The predicted molar refractivity (Wildman–Crippen MR) is 112 cm³/mol. The van der Waals surface area contributed by atoms with Gasteiger partial charge in [-0.3, -0.25) is 9.59 Å². The Morgan fingerprint density at radius 3 is 2.41 bits per heavy atom. The molecule has 1 N–H and O–H groups in total. The molecule has 2 heterocycles. The summed E-state index contributed by atoms with van der Waals surface area (Å²) in [6.45, 7) is 2.03. The first-order valence-corrected chi connectivity index (χ1v) is 11.6. The summed E-state index contributed by atoms with van der Waals surface area (Å²) in [6.07, 6.45) is 4.38. The van der Waals surface area contributed by atoms with Crippen molar-refractivity contribution in [2.75, 3.05) is 45.6 Å². The van der Waals surface area contributed by atoms with Gasteiger partial charge in [-0.15, -0.1) is 0 Å². The number of benzene rings is 1. The van der Waals surface area contributed by atoms with Crippen molar-refractivity contribution < 1.29 is 18.0 Å². The summed E-state index contributed by atoms with van der Waals surface area (Å²) < 4.78 is 27.3. The van der Waals surface area contributed by atoms with Gasteiger partial charge < -0.3 is 10.2 Å². The molecule has 2 aliphatic heterocycles. The molecule has 2 amide bonds. The monoisotopic (exact) mass is 422 g/mol. The molecule has 9 heteroatoms. The predicted octanol–water partition coefficient (Wildman–Crippen LogP) is 1.77. The van der Waals surface area contributed by atoms with Gasteiger partial charge in [-0.25, -0.2) is 0 Å². The lowest BCUT2D eigenvalue weighted by atomic mass is 9.98. The molecule has 2 fully saturated rings. The number of nitrogens with one attached hydrogen (secondary N) is 1. The van der Waals surface area contributed by atoms with Crippen LogP contribution in [-0.4, -0.2) is 74.0 Å². The van der Waals surface area contributed by atoms with Crippen molar-refractivity contribution in [2.45, 2.75) is 32.1 Å². The topological polar surface area (TPSA) is 90.0 Å². The number of amides is 2. The van der Waals surface area contributed by atoms with Gasteiger partial charge in [0.25, 0.3) is 16.1 Å². The molecule has 160 valence electrons. The van der Waals surface area contributed by atoms with Crippen molar-refractivity contribution in [3.05, 3.63) is 29.8 Å². The molecule has 2 saturated heterocycles. The van der Waals surface area contributed by atoms with Crippen molar-refractivity contribution in [3.8, 4) is 0 Å². The first kappa shape index (κ1) is 21.7. The van der Waals surface area contributed by atoms with Gasteiger partial charge in [-0.05, 0) is 44.2 Å². The minimum Gasteiger partial charge on any atom is -0.339 e. The average Bonchev–Trinajstić information content (AvgIpc) is 2.74. The highest BCUT2D eigenvalue weighted by molar-refractivity contribution is 7.86. The number of anilines is 1. The molecule has 0 aliphatic carbocycles. The molecule has 0 aromatic heterocycles. The fourth-order valence-corrected chi connectivity index (χ4v) is 5.07. The van der Waals surface area contributed by atoms with Gasteiger partial charge in [0.15, 0.2) is 0 Å². The standard InChI is InChI=1S/C20H30N4O4S/c1-22(2)29(27,28)24-14-8-9-16(15-24)19(25)21-18-11-5-4-10-17(18)20(26)23-12-6-3-7-13-23/h4-5,10-11,16H,3,6-9,12-15H2,1-2H3,(H,21,25)/t16-/m1/s1. The first-order chi connectivity index (χ1) is 13.8. The first-order valence-electron chi connectivity index (χ1n) is 10.2. The molecular formula is C20H30N4O4S. The molecular weight excluding hydrogens is 392 g/mol. The van der Waals surface area contributed by atoms with Crippen molar-refractivity contribution in [2.24, 2.45) is 5.92 Å². The maximum Gasteiger partial charge on any atom is 0.281 e. The lowest BCUT2D eigenvalue weighted by Crippen LogP contribution is -2.47. The van der Waals surface area contributed by atoms with Crippen LogP contribution in [0.2, 0.25) is 0 Å². The molecule has 0 unspecified atom stereocenters. The Hall–Kier alpha value is -1.97. The van der Waals surface area contributed by atoms with E-state index in [0.29, 0.717) is 30.6 Å². The van der Waals surface area contributed by atoms with Crippen LogP contribution in [0, 0.1) is 5.92 Å².